The topological polar surface area (TPSA) is 88.8 Å². The standard InChI is InChI=1S/C18H16F2N2O5/c1-9-7-10(27-14(9)15(23)26-3)8-22-16(24)18(2,21-17(22)25)13-11(19)5-4-6-12(13)20/h4-7H,8H2,1-3H3,(H,21,25)/t18-/m1/s1. The molecule has 2 aromatic rings. The van der Waals surface area contributed by atoms with Gasteiger partial charge in [0.2, 0.25) is 5.76 Å². The molecule has 1 fully saturated rings. The zero-order valence-corrected chi connectivity index (χ0v) is 14.8. The Morgan fingerprint density at radius 3 is 2.52 bits per heavy atom. The van der Waals surface area contributed by atoms with Crippen LogP contribution in [-0.2, 0) is 21.6 Å². The van der Waals surface area contributed by atoms with Crippen molar-refractivity contribution >= 4 is 17.9 Å². The van der Waals surface area contributed by atoms with Crippen LogP contribution in [0, 0.1) is 18.6 Å². The molecule has 0 aliphatic carbocycles. The minimum Gasteiger partial charge on any atom is -0.463 e. The second-order valence-corrected chi connectivity index (χ2v) is 6.26. The number of methoxy groups -OCH3 is 1. The van der Waals surface area contributed by atoms with Gasteiger partial charge in [0, 0.05) is 5.56 Å². The third-order valence-electron chi connectivity index (χ3n) is 4.39. The number of nitrogens with one attached hydrogen (secondary N) is 1. The fraction of sp³-hybridized carbons (Fsp3) is 0.278. The lowest BCUT2D eigenvalue weighted by atomic mass is 9.91. The Hall–Kier alpha value is -3.23. The van der Waals surface area contributed by atoms with Gasteiger partial charge >= 0.3 is 12.0 Å². The number of urea groups is 1. The number of benzene rings is 1. The summed E-state index contributed by atoms with van der Waals surface area (Å²) >= 11 is 0. The fourth-order valence-corrected chi connectivity index (χ4v) is 3.06. The molecule has 0 bridgehead atoms. The number of rotatable bonds is 4. The van der Waals surface area contributed by atoms with Gasteiger partial charge in [-0.25, -0.2) is 18.4 Å². The van der Waals surface area contributed by atoms with Crippen LogP contribution in [0.1, 0.15) is 34.4 Å². The van der Waals surface area contributed by atoms with Crippen molar-refractivity contribution in [1.82, 2.24) is 10.2 Å². The lowest BCUT2D eigenvalue weighted by Gasteiger charge is -2.23. The quantitative estimate of drug-likeness (QED) is 0.653. The lowest BCUT2D eigenvalue weighted by molar-refractivity contribution is -0.131. The van der Waals surface area contributed by atoms with Gasteiger partial charge in [-0.2, -0.15) is 0 Å². The Balaban J connectivity index is 1.92. The molecule has 0 radical (unpaired) electrons. The largest absolute Gasteiger partial charge is 0.463 e. The van der Waals surface area contributed by atoms with Crippen LogP contribution in [0.25, 0.3) is 0 Å². The van der Waals surface area contributed by atoms with Crippen molar-refractivity contribution < 1.29 is 32.3 Å². The van der Waals surface area contributed by atoms with Gasteiger partial charge in [0.25, 0.3) is 5.91 Å². The summed E-state index contributed by atoms with van der Waals surface area (Å²) in [6, 6.07) is 3.82. The maximum atomic E-state index is 14.2. The molecule has 1 atom stereocenters. The highest BCUT2D eigenvalue weighted by atomic mass is 19.1. The van der Waals surface area contributed by atoms with Crippen molar-refractivity contribution in [3.05, 3.63) is 58.5 Å². The summed E-state index contributed by atoms with van der Waals surface area (Å²) in [7, 11) is 1.19. The summed E-state index contributed by atoms with van der Waals surface area (Å²) in [4.78, 5) is 37.5. The predicted octanol–water partition coefficient (Wildman–Crippen LogP) is 2.62. The summed E-state index contributed by atoms with van der Waals surface area (Å²) in [5, 5.41) is 2.33. The molecule has 1 aromatic carbocycles. The van der Waals surface area contributed by atoms with Crippen molar-refractivity contribution in [1.29, 1.82) is 0 Å². The molecule has 3 rings (SSSR count). The van der Waals surface area contributed by atoms with Crippen molar-refractivity contribution in [3.63, 3.8) is 0 Å². The first-order valence-corrected chi connectivity index (χ1v) is 7.95. The third kappa shape index (κ3) is 2.94. The number of carbonyl (C=O) groups excluding carboxylic acids is 3. The minimum atomic E-state index is -1.90. The number of hydrogen-bond acceptors (Lipinski definition) is 5. The number of carbonyl (C=O) groups is 3. The van der Waals surface area contributed by atoms with E-state index in [0.717, 1.165) is 23.1 Å². The van der Waals surface area contributed by atoms with Gasteiger partial charge in [-0.05, 0) is 32.0 Å². The molecule has 1 aromatic heterocycles. The van der Waals surface area contributed by atoms with Crippen LogP contribution in [0.5, 0.6) is 0 Å². The van der Waals surface area contributed by atoms with E-state index in [1.165, 1.54) is 20.1 Å². The molecule has 1 aliphatic rings. The van der Waals surface area contributed by atoms with E-state index in [2.05, 4.69) is 10.1 Å². The smallest absolute Gasteiger partial charge is 0.374 e. The number of hydrogen-bond donors (Lipinski definition) is 1. The molecule has 1 aliphatic heterocycles. The third-order valence-corrected chi connectivity index (χ3v) is 4.39. The van der Waals surface area contributed by atoms with E-state index in [1.807, 2.05) is 0 Å². The van der Waals surface area contributed by atoms with E-state index in [0.29, 0.717) is 5.56 Å². The second kappa shape index (κ2) is 6.49. The molecular formula is C18H16F2N2O5. The second-order valence-electron chi connectivity index (χ2n) is 6.26. The number of imide groups is 1. The van der Waals surface area contributed by atoms with Gasteiger partial charge in [0.1, 0.15) is 22.9 Å². The van der Waals surface area contributed by atoms with E-state index in [4.69, 9.17) is 4.42 Å². The number of furan rings is 1. The Morgan fingerprint density at radius 1 is 1.30 bits per heavy atom. The molecule has 0 spiro atoms. The van der Waals surface area contributed by atoms with E-state index >= 15 is 0 Å². The van der Waals surface area contributed by atoms with E-state index in [9.17, 15) is 23.2 Å². The summed E-state index contributed by atoms with van der Waals surface area (Å²) < 4.78 is 38.2. The molecule has 2 heterocycles. The Kier molecular flexibility index (Phi) is 4.46. The van der Waals surface area contributed by atoms with Gasteiger partial charge < -0.3 is 14.5 Å². The van der Waals surface area contributed by atoms with Crippen LogP contribution in [-0.4, -0.2) is 29.9 Å². The molecule has 1 N–H and O–H groups in total. The Morgan fingerprint density at radius 2 is 1.93 bits per heavy atom. The van der Waals surface area contributed by atoms with E-state index < -0.39 is 40.6 Å². The summed E-state index contributed by atoms with van der Waals surface area (Å²) in [5.74, 6) is -3.35. The molecule has 0 unspecified atom stereocenters. The highest BCUT2D eigenvalue weighted by Gasteiger charge is 2.51. The first-order valence-electron chi connectivity index (χ1n) is 7.95. The predicted molar refractivity (Wildman–Crippen MR) is 87.6 cm³/mol. The zero-order valence-electron chi connectivity index (χ0n) is 14.8. The van der Waals surface area contributed by atoms with E-state index in [-0.39, 0.29) is 18.1 Å². The van der Waals surface area contributed by atoms with Gasteiger partial charge in [0.15, 0.2) is 0 Å². The molecule has 27 heavy (non-hydrogen) atoms. The highest BCUT2D eigenvalue weighted by Crippen LogP contribution is 2.33. The summed E-state index contributed by atoms with van der Waals surface area (Å²) in [5.41, 5.74) is -1.98. The molecule has 3 amide bonds. The zero-order chi connectivity index (χ0) is 19.9. The summed E-state index contributed by atoms with van der Waals surface area (Å²) in [6.45, 7) is 2.51. The van der Waals surface area contributed by atoms with Crippen molar-refractivity contribution in [2.24, 2.45) is 0 Å². The number of amides is 3. The highest BCUT2D eigenvalue weighted by molar-refractivity contribution is 6.07. The fourth-order valence-electron chi connectivity index (χ4n) is 3.06. The average Bonchev–Trinajstić information content (AvgIpc) is 3.07. The van der Waals surface area contributed by atoms with Crippen LogP contribution in [0.2, 0.25) is 0 Å². The van der Waals surface area contributed by atoms with Crippen LogP contribution in [0.4, 0.5) is 13.6 Å². The maximum Gasteiger partial charge on any atom is 0.374 e. The number of halogens is 2. The van der Waals surface area contributed by atoms with Crippen LogP contribution in [0.15, 0.2) is 28.7 Å². The first kappa shape index (κ1) is 18.6. The van der Waals surface area contributed by atoms with Crippen molar-refractivity contribution in [3.8, 4) is 0 Å². The normalized spacial score (nSPS) is 19.4. The molecule has 0 saturated carbocycles. The Labute approximate surface area is 152 Å². The number of aryl methyl sites for hydroxylation is 1. The first-order chi connectivity index (χ1) is 12.7. The maximum absolute atomic E-state index is 14.2. The van der Waals surface area contributed by atoms with Gasteiger partial charge in [-0.15, -0.1) is 0 Å². The van der Waals surface area contributed by atoms with E-state index in [1.54, 1.807) is 6.92 Å². The number of ether oxygens (including phenoxy) is 1. The van der Waals surface area contributed by atoms with Crippen molar-refractivity contribution in [2.75, 3.05) is 7.11 Å². The average molecular weight is 378 g/mol. The van der Waals surface area contributed by atoms with Gasteiger partial charge in [-0.3, -0.25) is 9.69 Å². The molecule has 142 valence electrons. The van der Waals surface area contributed by atoms with Crippen LogP contribution >= 0.6 is 0 Å². The number of nitrogens with zero attached hydrogens (tertiary/aromatic N) is 1. The number of esters is 1. The molecular weight excluding hydrogens is 362 g/mol. The monoisotopic (exact) mass is 378 g/mol. The van der Waals surface area contributed by atoms with Crippen LogP contribution < -0.4 is 5.32 Å². The molecule has 9 heteroatoms. The van der Waals surface area contributed by atoms with Crippen molar-refractivity contribution in [2.45, 2.75) is 25.9 Å². The Bertz CT molecular complexity index is 935. The van der Waals surface area contributed by atoms with Crippen LogP contribution in [0.3, 0.4) is 0 Å². The summed E-state index contributed by atoms with van der Waals surface area (Å²) in [6.07, 6.45) is 0. The minimum absolute atomic E-state index is 0.0533. The van der Waals surface area contributed by atoms with Gasteiger partial charge in [0.05, 0.1) is 19.2 Å². The lowest BCUT2D eigenvalue weighted by Crippen LogP contribution is -2.42. The molecule has 7 nitrogen and oxygen atoms in total. The van der Waals surface area contributed by atoms with Gasteiger partial charge in [-0.1, -0.05) is 6.07 Å². The molecule has 1 saturated heterocycles. The SMILES string of the molecule is COC(=O)c1oc(CN2C(=O)N[C@](C)(c3c(F)cccc3F)C2=O)cc1C.